The van der Waals surface area contributed by atoms with Crippen molar-refractivity contribution in [3.8, 4) is 0 Å². The molecule has 1 aromatic carbocycles. The quantitative estimate of drug-likeness (QED) is 0.258. The number of benzene rings is 1. The number of aromatic nitrogens is 4. The number of halogens is 8. The number of imidazole rings is 1. The van der Waals surface area contributed by atoms with Crippen LogP contribution in [0.25, 0.3) is 11.0 Å². The Morgan fingerprint density at radius 2 is 1.62 bits per heavy atom. The monoisotopic (exact) mass is 612 g/mol. The van der Waals surface area contributed by atoms with Gasteiger partial charge in [-0.05, 0) is 30.5 Å². The summed E-state index contributed by atoms with van der Waals surface area (Å²) in [4.78, 5) is 30.8. The molecule has 3 aromatic rings. The van der Waals surface area contributed by atoms with Crippen molar-refractivity contribution in [3.63, 3.8) is 0 Å². The van der Waals surface area contributed by atoms with E-state index in [0.29, 0.717) is 35.3 Å². The minimum atomic E-state index is -4.41. The van der Waals surface area contributed by atoms with Crippen molar-refractivity contribution >= 4 is 22.8 Å². The van der Waals surface area contributed by atoms with Crippen LogP contribution in [0.4, 0.5) is 35.1 Å². The molecule has 0 saturated heterocycles. The number of hydrogen-bond acceptors (Lipinski definition) is 6. The van der Waals surface area contributed by atoms with Crippen LogP contribution in [0, 0.1) is 0 Å². The summed E-state index contributed by atoms with van der Waals surface area (Å²) in [5.74, 6) is -4.31. The van der Waals surface area contributed by atoms with E-state index >= 15 is 0 Å². The van der Waals surface area contributed by atoms with Gasteiger partial charge in [-0.25, -0.2) is 13.8 Å². The molecule has 2 heterocycles. The summed E-state index contributed by atoms with van der Waals surface area (Å²) in [5, 5.41) is 11.7. The highest BCUT2D eigenvalue weighted by Gasteiger charge is 2.30. The fourth-order valence-electron chi connectivity index (χ4n) is 3.85. The molecule has 0 spiro atoms. The third-order valence-corrected chi connectivity index (χ3v) is 6.01. The smallest absolute Gasteiger partial charge is 0.389 e. The third-order valence-electron chi connectivity index (χ3n) is 6.01. The number of nitrogens with one attached hydrogen (secondary N) is 3. The van der Waals surface area contributed by atoms with Crippen LogP contribution >= 0.6 is 0 Å². The maximum Gasteiger partial charge on any atom is 0.389 e. The van der Waals surface area contributed by atoms with E-state index in [0.717, 1.165) is 6.42 Å². The standard InChI is InChI=1S/C19H18F6N6O3.C6H10F2/c20-18(21,22)5-3-14(32)26-8-10-1-2-11-12(7-10)29-13(28-11)9-27-16(33)17-31-30-15(34-17)4-6-19(23,24)25;7-6(8)4-2-1-3-5-6/h1-2,7H,3-6,8-9H2,(H,26,32)(H,27,33)(H,28,29);1-5H2. The number of aryl methyl sites for hydroxylation is 1. The van der Waals surface area contributed by atoms with E-state index in [-0.39, 0.29) is 31.8 Å². The average molecular weight is 613 g/mol. The van der Waals surface area contributed by atoms with E-state index in [4.69, 9.17) is 4.42 Å². The maximum atomic E-state index is 12.2. The highest BCUT2D eigenvalue weighted by Crippen LogP contribution is 2.32. The third kappa shape index (κ3) is 11.6. The predicted molar refractivity (Wildman–Crippen MR) is 131 cm³/mol. The number of H-pyrrole nitrogens is 1. The van der Waals surface area contributed by atoms with E-state index in [2.05, 4.69) is 30.8 Å². The molecule has 4 rings (SSSR count). The Morgan fingerprint density at radius 3 is 2.24 bits per heavy atom. The molecule has 1 aliphatic carbocycles. The van der Waals surface area contributed by atoms with Crippen LogP contribution in [-0.4, -0.2) is 50.3 Å². The van der Waals surface area contributed by atoms with Gasteiger partial charge in [-0.15, -0.1) is 10.2 Å². The molecule has 232 valence electrons. The average Bonchev–Trinajstić information content (AvgIpc) is 3.54. The van der Waals surface area contributed by atoms with Crippen molar-refractivity contribution in [2.75, 3.05) is 0 Å². The number of alkyl halides is 8. The van der Waals surface area contributed by atoms with Crippen LogP contribution in [0.15, 0.2) is 22.6 Å². The number of aromatic amines is 1. The molecule has 42 heavy (non-hydrogen) atoms. The largest absolute Gasteiger partial charge is 0.417 e. The van der Waals surface area contributed by atoms with Gasteiger partial charge in [-0.2, -0.15) is 26.3 Å². The molecule has 2 aromatic heterocycles. The minimum Gasteiger partial charge on any atom is -0.417 e. The summed E-state index contributed by atoms with van der Waals surface area (Å²) in [5.41, 5.74) is 1.70. The zero-order chi connectivity index (χ0) is 31.0. The van der Waals surface area contributed by atoms with Crippen molar-refractivity contribution in [1.29, 1.82) is 0 Å². The Hall–Kier alpha value is -3.79. The Morgan fingerprint density at radius 1 is 0.929 bits per heavy atom. The molecule has 17 heteroatoms. The number of amides is 2. The first-order chi connectivity index (χ1) is 19.6. The summed E-state index contributed by atoms with van der Waals surface area (Å²) in [6.45, 7) is -0.0666. The Labute approximate surface area is 233 Å². The first kappa shape index (κ1) is 32.7. The molecule has 3 N–H and O–H groups in total. The van der Waals surface area contributed by atoms with Gasteiger partial charge in [0.1, 0.15) is 5.82 Å². The van der Waals surface area contributed by atoms with Crippen LogP contribution in [-0.2, 0) is 24.3 Å². The Balaban J connectivity index is 0.000000521. The normalized spacial score (nSPS) is 15.1. The lowest BCUT2D eigenvalue weighted by atomic mass is 9.97. The van der Waals surface area contributed by atoms with Crippen LogP contribution in [0.1, 0.15) is 79.3 Å². The fourth-order valence-corrected chi connectivity index (χ4v) is 3.85. The van der Waals surface area contributed by atoms with E-state index in [9.17, 15) is 44.7 Å². The highest BCUT2D eigenvalue weighted by atomic mass is 19.4. The fraction of sp³-hybridized carbons (Fsp3) is 0.560. The number of fused-ring (bicyclic) bond motifs is 1. The second-order valence-electron chi connectivity index (χ2n) is 9.64. The molecule has 0 aliphatic heterocycles. The molecule has 1 fully saturated rings. The van der Waals surface area contributed by atoms with Gasteiger partial charge in [0.15, 0.2) is 0 Å². The SMILES string of the molecule is FC1(F)CCCCC1.O=C(CCC(F)(F)F)NCc1ccc2nc(CNC(=O)c3nnc(CCC(F)(F)F)o3)[nH]c2c1. The predicted octanol–water partition coefficient (Wildman–Crippen LogP) is 5.92. The van der Waals surface area contributed by atoms with Crippen LogP contribution < -0.4 is 10.6 Å². The lowest BCUT2D eigenvalue weighted by Gasteiger charge is -2.20. The maximum absolute atomic E-state index is 12.2. The molecule has 1 aliphatic rings. The van der Waals surface area contributed by atoms with E-state index in [1.165, 1.54) is 0 Å². The first-order valence-electron chi connectivity index (χ1n) is 12.9. The van der Waals surface area contributed by atoms with Crippen molar-refractivity contribution in [2.24, 2.45) is 0 Å². The molecule has 0 radical (unpaired) electrons. The van der Waals surface area contributed by atoms with Gasteiger partial charge in [0.25, 0.3) is 0 Å². The zero-order valence-electron chi connectivity index (χ0n) is 22.1. The van der Waals surface area contributed by atoms with Crippen molar-refractivity contribution in [3.05, 3.63) is 41.4 Å². The van der Waals surface area contributed by atoms with E-state index in [1.54, 1.807) is 18.2 Å². The summed E-state index contributed by atoms with van der Waals surface area (Å²) in [6.07, 6.45) is -9.70. The zero-order valence-corrected chi connectivity index (χ0v) is 22.1. The molecule has 9 nitrogen and oxygen atoms in total. The first-order valence-corrected chi connectivity index (χ1v) is 12.9. The molecule has 1 saturated carbocycles. The molecule has 0 bridgehead atoms. The van der Waals surface area contributed by atoms with Gasteiger partial charge in [0.05, 0.1) is 30.4 Å². The van der Waals surface area contributed by atoms with Crippen molar-refractivity contribution in [1.82, 2.24) is 30.8 Å². The molecular formula is C25H28F8N6O3. The Kier molecular flexibility index (Phi) is 10.8. The topological polar surface area (TPSA) is 126 Å². The van der Waals surface area contributed by atoms with Gasteiger partial charge < -0.3 is 20.0 Å². The number of carbonyl (C=O) groups excluding carboxylic acids is 2. The van der Waals surface area contributed by atoms with Gasteiger partial charge in [-0.1, -0.05) is 12.5 Å². The van der Waals surface area contributed by atoms with Crippen molar-refractivity contribution < 1.29 is 49.1 Å². The van der Waals surface area contributed by atoms with Gasteiger partial charge in [0, 0.05) is 32.2 Å². The lowest BCUT2D eigenvalue weighted by molar-refractivity contribution is -0.144. The van der Waals surface area contributed by atoms with Gasteiger partial charge >= 0.3 is 24.2 Å². The summed E-state index contributed by atoms with van der Waals surface area (Å²) in [6, 6.07) is 4.90. The highest BCUT2D eigenvalue weighted by molar-refractivity contribution is 5.89. The molecule has 0 atom stereocenters. The lowest BCUT2D eigenvalue weighted by Crippen LogP contribution is -2.24. The van der Waals surface area contributed by atoms with E-state index < -0.39 is 61.7 Å². The van der Waals surface area contributed by atoms with Crippen molar-refractivity contribution in [2.45, 2.75) is 89.2 Å². The van der Waals surface area contributed by atoms with Crippen LogP contribution in [0.2, 0.25) is 0 Å². The molecular weight excluding hydrogens is 584 g/mol. The number of carbonyl (C=O) groups is 2. The van der Waals surface area contributed by atoms with E-state index in [1.807, 2.05) is 0 Å². The molecule has 2 amide bonds. The number of hydrogen-bond donors (Lipinski definition) is 3. The summed E-state index contributed by atoms with van der Waals surface area (Å²) >= 11 is 0. The number of nitrogens with zero attached hydrogens (tertiary/aromatic N) is 3. The van der Waals surface area contributed by atoms with Gasteiger partial charge in [-0.3, -0.25) is 9.59 Å². The molecule has 0 unspecified atom stereocenters. The Bertz CT molecular complexity index is 1330. The van der Waals surface area contributed by atoms with Crippen LogP contribution in [0.3, 0.4) is 0 Å². The van der Waals surface area contributed by atoms with Crippen LogP contribution in [0.5, 0.6) is 0 Å². The number of rotatable bonds is 9. The second kappa shape index (κ2) is 13.9. The summed E-state index contributed by atoms with van der Waals surface area (Å²) in [7, 11) is 0. The minimum absolute atomic E-state index is 0.0194. The van der Waals surface area contributed by atoms with Gasteiger partial charge in [0.2, 0.25) is 17.7 Å². The second-order valence-corrected chi connectivity index (χ2v) is 9.64. The summed E-state index contributed by atoms with van der Waals surface area (Å²) < 4.78 is 103.